The molecule has 1 unspecified atom stereocenters. The second-order valence-corrected chi connectivity index (χ2v) is 5.51. The molecule has 15 heavy (non-hydrogen) atoms. The molecular weight excluding hydrogens is 216 g/mol. The van der Waals surface area contributed by atoms with Gasteiger partial charge in [0.25, 0.3) is 10.2 Å². The minimum atomic E-state index is -3.66. The molecule has 1 saturated carbocycles. The number of nitrogens with two attached hydrogens (primary N) is 1. The van der Waals surface area contributed by atoms with Crippen LogP contribution in [0.4, 0.5) is 0 Å². The molecule has 0 heterocycles. The summed E-state index contributed by atoms with van der Waals surface area (Å²) in [5.74, 6) is 0.323. The van der Waals surface area contributed by atoms with Crippen LogP contribution in [0.2, 0.25) is 0 Å². The predicted molar refractivity (Wildman–Crippen MR) is 58.3 cm³/mol. The van der Waals surface area contributed by atoms with E-state index in [1.807, 2.05) is 0 Å². The van der Waals surface area contributed by atoms with Gasteiger partial charge < -0.3 is 5.11 Å². The lowest BCUT2D eigenvalue weighted by molar-refractivity contribution is 0.221. The van der Waals surface area contributed by atoms with Gasteiger partial charge in [0.2, 0.25) is 0 Å². The first-order valence-electron chi connectivity index (χ1n) is 5.44. The van der Waals surface area contributed by atoms with Crippen LogP contribution in [-0.2, 0) is 10.2 Å². The van der Waals surface area contributed by atoms with Crippen LogP contribution in [0, 0.1) is 5.92 Å². The first-order chi connectivity index (χ1) is 7.03. The average Bonchev–Trinajstić information content (AvgIpc) is 2.17. The zero-order valence-corrected chi connectivity index (χ0v) is 9.67. The molecule has 1 aliphatic rings. The number of aliphatic hydroxyl groups excluding tert-OH is 1. The van der Waals surface area contributed by atoms with Gasteiger partial charge in [0.05, 0.1) is 0 Å². The van der Waals surface area contributed by atoms with Gasteiger partial charge >= 0.3 is 0 Å². The van der Waals surface area contributed by atoms with Crippen LogP contribution in [0.5, 0.6) is 0 Å². The second-order valence-electron chi connectivity index (χ2n) is 4.18. The standard InChI is InChI=1S/C9H20N2O3S/c10-15(13,14)11-9(6-7-12)8-4-2-1-3-5-8/h8-9,11-12H,1-7H2,(H2,10,13,14). The summed E-state index contributed by atoms with van der Waals surface area (Å²) in [6.07, 6.45) is 5.98. The molecule has 1 fully saturated rings. The molecular formula is C9H20N2O3S. The molecule has 0 bridgehead atoms. The van der Waals surface area contributed by atoms with Gasteiger partial charge in [-0.25, -0.2) is 5.14 Å². The molecule has 0 radical (unpaired) electrons. The normalized spacial score (nSPS) is 21.5. The number of nitrogens with one attached hydrogen (secondary N) is 1. The highest BCUT2D eigenvalue weighted by molar-refractivity contribution is 7.87. The Labute approximate surface area is 91.2 Å². The molecule has 0 saturated heterocycles. The maximum absolute atomic E-state index is 10.9. The lowest BCUT2D eigenvalue weighted by Gasteiger charge is -2.29. The third kappa shape index (κ3) is 4.92. The van der Waals surface area contributed by atoms with Crippen molar-refractivity contribution in [2.45, 2.75) is 44.6 Å². The van der Waals surface area contributed by atoms with Crippen LogP contribution < -0.4 is 9.86 Å². The molecule has 6 heteroatoms. The SMILES string of the molecule is NS(=O)(=O)NC(CCO)C1CCCCC1. The molecule has 0 aromatic rings. The molecule has 90 valence electrons. The molecule has 0 aromatic heterocycles. The van der Waals surface area contributed by atoms with E-state index in [0.717, 1.165) is 25.7 Å². The Kier molecular flexibility index (Phi) is 4.98. The third-order valence-corrected chi connectivity index (χ3v) is 3.61. The fourth-order valence-electron chi connectivity index (χ4n) is 2.28. The maximum atomic E-state index is 10.9. The van der Waals surface area contributed by atoms with Crippen molar-refractivity contribution >= 4 is 10.2 Å². The van der Waals surface area contributed by atoms with E-state index in [1.165, 1.54) is 6.42 Å². The van der Waals surface area contributed by atoms with Gasteiger partial charge in [-0.3, -0.25) is 0 Å². The van der Waals surface area contributed by atoms with Crippen molar-refractivity contribution in [2.75, 3.05) is 6.61 Å². The molecule has 5 nitrogen and oxygen atoms in total. The number of rotatable bonds is 5. The monoisotopic (exact) mass is 236 g/mol. The van der Waals surface area contributed by atoms with Gasteiger partial charge in [-0.2, -0.15) is 13.1 Å². The fraction of sp³-hybridized carbons (Fsp3) is 1.00. The van der Waals surface area contributed by atoms with E-state index in [0.29, 0.717) is 12.3 Å². The molecule has 0 aliphatic heterocycles. The van der Waals surface area contributed by atoms with Crippen LogP contribution in [0.3, 0.4) is 0 Å². The van der Waals surface area contributed by atoms with E-state index < -0.39 is 10.2 Å². The highest BCUT2D eigenvalue weighted by Gasteiger charge is 2.25. The maximum Gasteiger partial charge on any atom is 0.274 e. The van der Waals surface area contributed by atoms with E-state index >= 15 is 0 Å². The largest absolute Gasteiger partial charge is 0.396 e. The van der Waals surface area contributed by atoms with Crippen molar-refractivity contribution < 1.29 is 13.5 Å². The summed E-state index contributed by atoms with van der Waals surface area (Å²) in [5.41, 5.74) is 0. The molecule has 1 aliphatic carbocycles. The highest BCUT2D eigenvalue weighted by atomic mass is 32.2. The van der Waals surface area contributed by atoms with Crippen molar-refractivity contribution in [3.63, 3.8) is 0 Å². The Balaban J connectivity index is 2.55. The molecule has 4 N–H and O–H groups in total. The summed E-state index contributed by atoms with van der Waals surface area (Å²) in [7, 11) is -3.66. The number of aliphatic hydroxyl groups is 1. The lowest BCUT2D eigenvalue weighted by Crippen LogP contribution is -2.44. The van der Waals surface area contributed by atoms with Crippen LogP contribution in [0.1, 0.15) is 38.5 Å². The minimum absolute atomic E-state index is 0.0102. The minimum Gasteiger partial charge on any atom is -0.396 e. The zero-order valence-electron chi connectivity index (χ0n) is 8.85. The summed E-state index contributed by atoms with van der Waals surface area (Å²) in [5, 5.41) is 13.8. The van der Waals surface area contributed by atoms with Crippen molar-refractivity contribution in [3.05, 3.63) is 0 Å². The predicted octanol–water partition coefficient (Wildman–Crippen LogP) is 0.111. The number of hydrogen-bond acceptors (Lipinski definition) is 3. The van der Waals surface area contributed by atoms with Crippen LogP contribution in [-0.4, -0.2) is 26.2 Å². The summed E-state index contributed by atoms with van der Waals surface area (Å²) in [6, 6.07) is -0.203. The summed E-state index contributed by atoms with van der Waals surface area (Å²) in [6.45, 7) is -0.0102. The van der Waals surface area contributed by atoms with Gasteiger partial charge in [-0.15, -0.1) is 0 Å². The van der Waals surface area contributed by atoms with Gasteiger partial charge in [0, 0.05) is 12.6 Å². The van der Waals surface area contributed by atoms with Crippen LogP contribution >= 0.6 is 0 Å². The van der Waals surface area contributed by atoms with Gasteiger partial charge in [0.15, 0.2) is 0 Å². The van der Waals surface area contributed by atoms with Gasteiger partial charge in [-0.05, 0) is 25.2 Å². The van der Waals surface area contributed by atoms with Crippen LogP contribution in [0.25, 0.3) is 0 Å². The molecule has 0 spiro atoms. The lowest BCUT2D eigenvalue weighted by atomic mass is 9.83. The smallest absolute Gasteiger partial charge is 0.274 e. The van der Waals surface area contributed by atoms with E-state index in [2.05, 4.69) is 4.72 Å². The third-order valence-electron chi connectivity index (χ3n) is 2.97. The zero-order chi connectivity index (χ0) is 11.3. The quantitative estimate of drug-likeness (QED) is 0.632. The topological polar surface area (TPSA) is 92.4 Å². The van der Waals surface area contributed by atoms with E-state index in [9.17, 15) is 8.42 Å². The van der Waals surface area contributed by atoms with Crippen LogP contribution in [0.15, 0.2) is 0 Å². The van der Waals surface area contributed by atoms with Crippen molar-refractivity contribution in [2.24, 2.45) is 11.1 Å². The first-order valence-corrected chi connectivity index (χ1v) is 6.98. The first kappa shape index (κ1) is 12.9. The fourth-order valence-corrected chi connectivity index (χ4v) is 3.01. The Hall–Kier alpha value is -0.170. The number of hydrogen-bond donors (Lipinski definition) is 3. The second kappa shape index (κ2) is 5.79. The molecule has 0 amide bonds. The average molecular weight is 236 g/mol. The molecule has 1 rings (SSSR count). The van der Waals surface area contributed by atoms with Crippen molar-refractivity contribution in [1.29, 1.82) is 0 Å². The Morgan fingerprint density at radius 2 is 1.93 bits per heavy atom. The highest BCUT2D eigenvalue weighted by Crippen LogP contribution is 2.27. The summed E-state index contributed by atoms with van der Waals surface area (Å²) in [4.78, 5) is 0. The Bertz CT molecular complexity index is 273. The van der Waals surface area contributed by atoms with E-state index in [4.69, 9.17) is 10.2 Å². The summed E-state index contributed by atoms with van der Waals surface area (Å²) >= 11 is 0. The van der Waals surface area contributed by atoms with Crippen molar-refractivity contribution in [3.8, 4) is 0 Å². The van der Waals surface area contributed by atoms with E-state index in [1.54, 1.807) is 0 Å². The Morgan fingerprint density at radius 3 is 2.40 bits per heavy atom. The van der Waals surface area contributed by atoms with Gasteiger partial charge in [0.1, 0.15) is 0 Å². The Morgan fingerprint density at radius 1 is 1.33 bits per heavy atom. The molecule has 0 aromatic carbocycles. The summed E-state index contributed by atoms with van der Waals surface area (Å²) < 4.78 is 24.3. The van der Waals surface area contributed by atoms with E-state index in [-0.39, 0.29) is 12.6 Å². The van der Waals surface area contributed by atoms with Crippen molar-refractivity contribution in [1.82, 2.24) is 4.72 Å². The molecule has 1 atom stereocenters. The van der Waals surface area contributed by atoms with Gasteiger partial charge in [-0.1, -0.05) is 19.3 Å².